The van der Waals surface area contributed by atoms with Gasteiger partial charge >= 0.3 is 0 Å². The number of hydrogen-bond donors (Lipinski definition) is 0. The van der Waals surface area contributed by atoms with Crippen molar-refractivity contribution < 1.29 is 4.79 Å². The van der Waals surface area contributed by atoms with Crippen molar-refractivity contribution in [2.24, 2.45) is 0 Å². The standard InChI is InChI=1S/C2H13B9O/c1-2(12)9(4)11(6)10(5)8-7-3/h7-8H,3-6H2,1H3. The number of rotatable bonds is 5. The fourth-order valence-corrected chi connectivity index (χ4v) is 1.58. The van der Waals surface area contributed by atoms with E-state index in [9.17, 15) is 4.79 Å². The summed E-state index contributed by atoms with van der Waals surface area (Å²) in [4.78, 5) is 11.1. The van der Waals surface area contributed by atoms with Crippen molar-refractivity contribution in [2.45, 2.75) is 6.92 Å². The van der Waals surface area contributed by atoms with Crippen LogP contribution >= 0.6 is 0 Å². The van der Waals surface area contributed by atoms with Crippen molar-refractivity contribution in [3.63, 3.8) is 0 Å². The maximum atomic E-state index is 11.1. The second-order valence-corrected chi connectivity index (χ2v) is 4.02. The molecule has 0 saturated heterocycles. The predicted octanol–water partition coefficient (Wildman–Crippen LogP) is -6.02. The van der Waals surface area contributed by atoms with Crippen LogP contribution in [-0.4, -0.2) is 70.0 Å². The Labute approximate surface area is 82.2 Å². The largest absolute Gasteiger partial charge is 0.313 e. The molecule has 0 spiro atoms. The van der Waals surface area contributed by atoms with Crippen LogP contribution in [0.5, 0.6) is 0 Å². The molecule has 0 fully saturated rings. The van der Waals surface area contributed by atoms with Crippen LogP contribution in [0, 0.1) is 0 Å². The summed E-state index contributed by atoms with van der Waals surface area (Å²) >= 11 is 0. The van der Waals surface area contributed by atoms with E-state index in [4.69, 9.17) is 0 Å². The highest BCUT2D eigenvalue weighted by molar-refractivity contribution is 7.92. The molecule has 0 bridgehead atoms. The third-order valence-corrected chi connectivity index (χ3v) is 3.07. The molecular formula is C2H13B9O. The van der Waals surface area contributed by atoms with Crippen LogP contribution in [0.3, 0.4) is 0 Å². The fourth-order valence-electron chi connectivity index (χ4n) is 1.58. The van der Waals surface area contributed by atoms with E-state index in [0.29, 0.717) is 18.5 Å². The van der Waals surface area contributed by atoms with Crippen molar-refractivity contribution in [1.29, 1.82) is 0 Å². The van der Waals surface area contributed by atoms with E-state index in [1.54, 1.807) is 6.92 Å². The molecule has 0 aliphatic carbocycles. The maximum absolute atomic E-state index is 11.1. The number of hydrogen-bond acceptors (Lipinski definition) is 1. The molecule has 0 atom stereocenters. The third-order valence-electron chi connectivity index (χ3n) is 3.07. The fraction of sp³-hybridized carbons (Fsp3) is 0.500. The first-order valence-corrected chi connectivity index (χ1v) is 5.01. The van der Waals surface area contributed by atoms with Gasteiger partial charge in [-0.1, -0.05) is 0 Å². The van der Waals surface area contributed by atoms with E-state index in [-0.39, 0.29) is 6.49 Å². The number of carbonyl (C=O) groups excluding carboxylic acids is 1. The van der Waals surface area contributed by atoms with Gasteiger partial charge in [0.2, 0.25) is 0 Å². The minimum atomic E-state index is 0.228. The van der Waals surface area contributed by atoms with Crippen molar-refractivity contribution in [1.82, 2.24) is 0 Å². The van der Waals surface area contributed by atoms with E-state index in [1.165, 1.54) is 14.1 Å². The molecule has 0 N–H and O–H groups in total. The van der Waals surface area contributed by atoms with Gasteiger partial charge in [-0.2, -0.15) is 0 Å². The van der Waals surface area contributed by atoms with Gasteiger partial charge in [-0.3, -0.25) is 0 Å². The van der Waals surface area contributed by atoms with E-state index in [2.05, 4.69) is 23.2 Å². The average Bonchev–Trinajstić information content (AvgIpc) is 2.02. The highest BCUT2D eigenvalue weighted by atomic mass is 16.1. The SMILES string of the molecule is BBBB(B)B(B)B(B)C(C)=O. The van der Waals surface area contributed by atoms with E-state index in [1.807, 2.05) is 7.74 Å². The Balaban J connectivity index is 3.99. The third kappa shape index (κ3) is 3.77. The van der Waals surface area contributed by atoms with Gasteiger partial charge in [0.25, 0.3) is 0 Å². The molecule has 0 aromatic heterocycles. The molecule has 1 nitrogen and oxygen atoms in total. The average molecular weight is 150 g/mol. The summed E-state index contributed by atoms with van der Waals surface area (Å²) in [6.07, 6.45) is 1.20. The van der Waals surface area contributed by atoms with E-state index >= 15 is 0 Å². The predicted molar refractivity (Wildman–Crippen MR) is 76.4 cm³/mol. The molecule has 0 aliphatic rings. The summed E-state index contributed by atoms with van der Waals surface area (Å²) in [5, 5.41) is 0. The van der Waals surface area contributed by atoms with Crippen LogP contribution < -0.4 is 0 Å². The molecule has 0 amide bonds. The monoisotopic (exact) mass is 152 g/mol. The summed E-state index contributed by atoms with van der Waals surface area (Å²) in [7, 11) is 11.1. The van der Waals surface area contributed by atoms with Crippen molar-refractivity contribution in [2.75, 3.05) is 0 Å². The Hall–Kier alpha value is 0.254. The van der Waals surface area contributed by atoms with Crippen molar-refractivity contribution in [3.05, 3.63) is 0 Å². The van der Waals surface area contributed by atoms with Crippen LogP contribution in [0.25, 0.3) is 0 Å². The molecule has 10 heteroatoms. The van der Waals surface area contributed by atoms with Gasteiger partial charge in [0, 0.05) is 26.9 Å². The Kier molecular flexibility index (Phi) is 5.95. The Bertz CT molecular complexity index is 147. The lowest BCUT2D eigenvalue weighted by molar-refractivity contribution is -0.110. The molecular weight excluding hydrogens is 137 g/mol. The quantitative estimate of drug-likeness (QED) is 0.357. The topological polar surface area (TPSA) is 17.1 Å². The summed E-state index contributed by atoms with van der Waals surface area (Å²) < 4.78 is 0. The Morgan fingerprint density at radius 1 is 1.33 bits per heavy atom. The Morgan fingerprint density at radius 3 is 2.17 bits per heavy atom. The first kappa shape index (κ1) is 12.3. The van der Waals surface area contributed by atoms with Crippen LogP contribution in [0.2, 0.25) is 0 Å². The molecule has 0 aromatic rings. The molecule has 0 aromatic carbocycles. The van der Waals surface area contributed by atoms with Crippen LogP contribution in [0.4, 0.5) is 0 Å². The minimum Gasteiger partial charge on any atom is -0.313 e. The van der Waals surface area contributed by atoms with Gasteiger partial charge in [-0.25, -0.2) is 0 Å². The zero-order valence-electron chi connectivity index (χ0n) is 9.05. The molecule has 54 valence electrons. The normalized spacial score (nSPS) is 8.42. The molecule has 0 rings (SSSR count). The van der Waals surface area contributed by atoms with Gasteiger partial charge in [-0.15, -0.1) is 0 Å². The molecule has 0 aliphatic heterocycles. The van der Waals surface area contributed by atoms with Gasteiger partial charge in [0.05, 0.1) is 36.6 Å². The van der Waals surface area contributed by atoms with Gasteiger partial charge in [-0.05, 0) is 6.92 Å². The highest BCUT2D eigenvalue weighted by Gasteiger charge is 2.28. The van der Waals surface area contributed by atoms with E-state index < -0.39 is 0 Å². The molecule has 12 heavy (non-hydrogen) atoms. The second-order valence-electron chi connectivity index (χ2n) is 4.02. The lowest BCUT2D eigenvalue weighted by atomic mass is 8.66. The summed E-state index contributed by atoms with van der Waals surface area (Å²) in [6, 6.07) is 0. The lowest BCUT2D eigenvalue weighted by Gasteiger charge is -2.16. The molecule has 0 heterocycles. The maximum Gasteiger partial charge on any atom is 0.137 e. The minimum absolute atomic E-state index is 0.228. The van der Waals surface area contributed by atoms with Gasteiger partial charge in [0.15, 0.2) is 0 Å². The Morgan fingerprint density at radius 2 is 1.83 bits per heavy atom. The summed E-state index contributed by atoms with van der Waals surface area (Å²) in [5.74, 6) is 0. The van der Waals surface area contributed by atoms with Gasteiger partial charge in [0.1, 0.15) is 6.49 Å². The first-order valence-electron chi connectivity index (χ1n) is 5.01. The summed E-state index contributed by atoms with van der Waals surface area (Å²) in [6.45, 7) is 1.92. The molecule has 0 radical (unpaired) electrons. The second kappa shape index (κ2) is 5.82. The van der Waals surface area contributed by atoms with Crippen LogP contribution in [0.15, 0.2) is 0 Å². The van der Waals surface area contributed by atoms with Crippen LogP contribution in [-0.2, 0) is 4.79 Å². The first-order chi connectivity index (χ1) is 5.50. The zero-order chi connectivity index (χ0) is 9.72. The van der Waals surface area contributed by atoms with Gasteiger partial charge < -0.3 is 4.79 Å². The zero-order valence-corrected chi connectivity index (χ0v) is 9.05. The van der Waals surface area contributed by atoms with Crippen molar-refractivity contribution >= 4 is 70.0 Å². The molecule has 0 saturated carbocycles. The number of carbonyl (C=O) groups is 1. The van der Waals surface area contributed by atoms with Crippen molar-refractivity contribution in [3.8, 4) is 0 Å². The van der Waals surface area contributed by atoms with Crippen LogP contribution in [0.1, 0.15) is 6.92 Å². The smallest absolute Gasteiger partial charge is 0.137 e. The highest BCUT2D eigenvalue weighted by Crippen LogP contribution is 1.87. The summed E-state index contributed by atoms with van der Waals surface area (Å²) in [5.41, 5.74) is 0.324. The molecule has 0 unspecified atom stereocenters. The van der Waals surface area contributed by atoms with E-state index in [0.717, 1.165) is 0 Å². The lowest BCUT2D eigenvalue weighted by Crippen LogP contribution is -2.58.